The van der Waals surface area contributed by atoms with Crippen LogP contribution in [-0.4, -0.2) is 21.8 Å². The highest BCUT2D eigenvalue weighted by Crippen LogP contribution is 2.27. The van der Waals surface area contributed by atoms with Gasteiger partial charge in [-0.2, -0.15) is 0 Å². The number of carbonyl (C=O) groups is 2. The van der Waals surface area contributed by atoms with Crippen LogP contribution in [0.2, 0.25) is 0 Å². The van der Waals surface area contributed by atoms with Crippen molar-refractivity contribution in [3.8, 4) is 0 Å². The Morgan fingerprint density at radius 2 is 1.96 bits per heavy atom. The number of para-hydroxylation sites is 2. The molecule has 0 fully saturated rings. The molecule has 2 atom stereocenters. The first-order valence-corrected chi connectivity index (χ1v) is 8.25. The van der Waals surface area contributed by atoms with E-state index in [0.29, 0.717) is 11.4 Å². The monoisotopic (exact) mass is 334 g/mol. The number of imidazole rings is 1. The summed E-state index contributed by atoms with van der Waals surface area (Å²) in [5, 5.41) is 5.81. The van der Waals surface area contributed by atoms with Gasteiger partial charge in [-0.25, -0.2) is 4.98 Å². The van der Waals surface area contributed by atoms with Gasteiger partial charge in [0.25, 0.3) is 5.91 Å². The fraction of sp³-hybridized carbons (Fsp3) is 0.211. The minimum atomic E-state index is -0.286. The molecule has 25 heavy (non-hydrogen) atoms. The van der Waals surface area contributed by atoms with E-state index in [0.717, 1.165) is 16.6 Å². The summed E-state index contributed by atoms with van der Waals surface area (Å²) in [6, 6.07) is 14.6. The van der Waals surface area contributed by atoms with Gasteiger partial charge in [-0.15, -0.1) is 0 Å². The van der Waals surface area contributed by atoms with Crippen LogP contribution in [0.4, 0.5) is 0 Å². The van der Waals surface area contributed by atoms with Crippen molar-refractivity contribution in [2.75, 3.05) is 0 Å². The van der Waals surface area contributed by atoms with Gasteiger partial charge < -0.3 is 15.6 Å². The lowest BCUT2D eigenvalue weighted by atomic mass is 10.0. The molecular formula is C19H18N4O2. The Balaban J connectivity index is 1.45. The summed E-state index contributed by atoms with van der Waals surface area (Å²) in [5.41, 5.74) is 3.33. The molecule has 0 saturated carbocycles. The first kappa shape index (κ1) is 15.4. The highest BCUT2D eigenvalue weighted by Gasteiger charge is 2.29. The van der Waals surface area contributed by atoms with Gasteiger partial charge in [-0.3, -0.25) is 9.59 Å². The van der Waals surface area contributed by atoms with Crippen LogP contribution in [0, 0.1) is 0 Å². The molecule has 1 aromatic heterocycles. The topological polar surface area (TPSA) is 86.9 Å². The Kier molecular flexibility index (Phi) is 3.72. The largest absolute Gasteiger partial charge is 0.346 e. The fourth-order valence-corrected chi connectivity index (χ4v) is 3.21. The summed E-state index contributed by atoms with van der Waals surface area (Å²) < 4.78 is 0. The van der Waals surface area contributed by atoms with Crippen LogP contribution in [0.15, 0.2) is 48.5 Å². The Morgan fingerprint density at radius 3 is 2.80 bits per heavy atom. The Bertz CT molecular complexity index is 930. The van der Waals surface area contributed by atoms with Crippen LogP contribution in [-0.2, 0) is 4.79 Å². The molecule has 6 nitrogen and oxygen atoms in total. The van der Waals surface area contributed by atoms with Crippen molar-refractivity contribution in [3.05, 3.63) is 65.5 Å². The first-order valence-electron chi connectivity index (χ1n) is 8.25. The highest BCUT2D eigenvalue weighted by atomic mass is 16.2. The molecule has 2 aromatic carbocycles. The zero-order valence-corrected chi connectivity index (χ0v) is 13.7. The molecule has 3 aromatic rings. The smallest absolute Gasteiger partial charge is 0.252 e. The van der Waals surface area contributed by atoms with Crippen molar-refractivity contribution in [2.24, 2.45) is 0 Å². The molecule has 2 amide bonds. The van der Waals surface area contributed by atoms with Gasteiger partial charge in [0.1, 0.15) is 5.82 Å². The third-order valence-corrected chi connectivity index (χ3v) is 4.47. The maximum absolute atomic E-state index is 12.4. The molecule has 0 unspecified atom stereocenters. The first-order chi connectivity index (χ1) is 12.1. The summed E-state index contributed by atoms with van der Waals surface area (Å²) in [6.45, 7) is 1.89. The molecular weight excluding hydrogens is 316 g/mol. The normalized spacial score (nSPS) is 17.2. The Morgan fingerprint density at radius 1 is 1.20 bits per heavy atom. The number of aromatic amines is 1. The lowest BCUT2D eigenvalue weighted by Gasteiger charge is -2.15. The highest BCUT2D eigenvalue weighted by molar-refractivity contribution is 5.99. The second-order valence-corrected chi connectivity index (χ2v) is 6.25. The van der Waals surface area contributed by atoms with E-state index in [1.807, 2.05) is 49.4 Å². The fourth-order valence-electron chi connectivity index (χ4n) is 3.21. The molecule has 0 bridgehead atoms. The molecule has 0 saturated heterocycles. The van der Waals surface area contributed by atoms with E-state index in [2.05, 4.69) is 20.6 Å². The van der Waals surface area contributed by atoms with E-state index in [4.69, 9.17) is 0 Å². The Labute approximate surface area is 144 Å². The van der Waals surface area contributed by atoms with E-state index in [9.17, 15) is 9.59 Å². The summed E-state index contributed by atoms with van der Waals surface area (Å²) in [4.78, 5) is 32.1. The molecule has 0 radical (unpaired) electrons. The number of H-pyrrole nitrogens is 1. The van der Waals surface area contributed by atoms with Crippen molar-refractivity contribution in [3.63, 3.8) is 0 Å². The van der Waals surface area contributed by atoms with Crippen molar-refractivity contribution >= 4 is 22.8 Å². The third kappa shape index (κ3) is 2.87. The molecule has 3 N–H and O–H groups in total. The van der Waals surface area contributed by atoms with E-state index in [1.165, 1.54) is 0 Å². The minimum Gasteiger partial charge on any atom is -0.346 e. The maximum Gasteiger partial charge on any atom is 0.252 e. The number of rotatable bonds is 4. The quantitative estimate of drug-likeness (QED) is 0.685. The van der Waals surface area contributed by atoms with Crippen molar-refractivity contribution in [2.45, 2.75) is 25.4 Å². The van der Waals surface area contributed by atoms with Gasteiger partial charge in [0, 0.05) is 5.56 Å². The van der Waals surface area contributed by atoms with Gasteiger partial charge in [-0.1, -0.05) is 30.3 Å². The van der Waals surface area contributed by atoms with Gasteiger partial charge in [0.2, 0.25) is 5.91 Å². The van der Waals surface area contributed by atoms with E-state index in [-0.39, 0.29) is 30.3 Å². The van der Waals surface area contributed by atoms with Crippen LogP contribution in [0.3, 0.4) is 0 Å². The van der Waals surface area contributed by atoms with Crippen molar-refractivity contribution < 1.29 is 9.59 Å². The molecule has 2 heterocycles. The SMILES string of the molecule is C[C@@H](NC(=O)C[C@@H]1NC(=O)c2ccccc21)c1nc2ccccc2[nH]1. The van der Waals surface area contributed by atoms with E-state index >= 15 is 0 Å². The minimum absolute atomic E-state index is 0.126. The Hall–Kier alpha value is -3.15. The van der Waals surface area contributed by atoms with Crippen molar-refractivity contribution in [1.29, 1.82) is 0 Å². The van der Waals surface area contributed by atoms with Crippen LogP contribution in [0.5, 0.6) is 0 Å². The molecule has 126 valence electrons. The second kappa shape index (κ2) is 6.05. The third-order valence-electron chi connectivity index (χ3n) is 4.47. The predicted octanol–water partition coefficient (Wildman–Crippen LogP) is 2.61. The molecule has 0 spiro atoms. The lowest BCUT2D eigenvalue weighted by molar-refractivity contribution is -0.122. The summed E-state index contributed by atoms with van der Waals surface area (Å²) in [5.74, 6) is 0.457. The number of carbonyl (C=O) groups excluding carboxylic acids is 2. The zero-order chi connectivity index (χ0) is 17.4. The number of hydrogen-bond donors (Lipinski definition) is 3. The van der Waals surface area contributed by atoms with Crippen LogP contribution >= 0.6 is 0 Å². The summed E-state index contributed by atoms with van der Waals surface area (Å²) in [6.07, 6.45) is 0.202. The van der Waals surface area contributed by atoms with Crippen LogP contribution in [0.25, 0.3) is 11.0 Å². The predicted molar refractivity (Wildman–Crippen MR) is 93.9 cm³/mol. The molecule has 1 aliphatic heterocycles. The number of benzene rings is 2. The van der Waals surface area contributed by atoms with Crippen molar-refractivity contribution in [1.82, 2.24) is 20.6 Å². The molecule has 0 aliphatic carbocycles. The molecule has 6 heteroatoms. The molecule has 1 aliphatic rings. The summed E-state index contributed by atoms with van der Waals surface area (Å²) >= 11 is 0. The van der Waals surface area contributed by atoms with E-state index in [1.54, 1.807) is 6.07 Å². The summed E-state index contributed by atoms with van der Waals surface area (Å²) in [7, 11) is 0. The average molecular weight is 334 g/mol. The average Bonchev–Trinajstić information content (AvgIpc) is 3.17. The number of hydrogen-bond acceptors (Lipinski definition) is 3. The van der Waals surface area contributed by atoms with Gasteiger partial charge in [0.15, 0.2) is 0 Å². The van der Waals surface area contributed by atoms with Crippen LogP contribution in [0.1, 0.15) is 47.2 Å². The van der Waals surface area contributed by atoms with Gasteiger partial charge in [-0.05, 0) is 30.7 Å². The lowest BCUT2D eigenvalue weighted by Crippen LogP contribution is -2.31. The maximum atomic E-state index is 12.4. The van der Waals surface area contributed by atoms with Gasteiger partial charge in [0.05, 0.1) is 29.5 Å². The second-order valence-electron chi connectivity index (χ2n) is 6.25. The van der Waals surface area contributed by atoms with E-state index < -0.39 is 0 Å². The van der Waals surface area contributed by atoms with Gasteiger partial charge >= 0.3 is 0 Å². The number of aromatic nitrogens is 2. The number of nitrogens with one attached hydrogen (secondary N) is 3. The standard InChI is InChI=1S/C19H18N4O2/c1-11(18-21-14-8-4-5-9-15(14)22-18)20-17(24)10-16-12-6-2-3-7-13(12)19(25)23-16/h2-9,11,16H,10H2,1H3,(H,20,24)(H,21,22)(H,23,25)/t11-,16+/m1/s1. The number of nitrogens with zero attached hydrogens (tertiary/aromatic N) is 1. The van der Waals surface area contributed by atoms with Crippen LogP contribution < -0.4 is 10.6 Å². The number of fused-ring (bicyclic) bond motifs is 2. The zero-order valence-electron chi connectivity index (χ0n) is 13.7. The number of amides is 2. The molecule has 4 rings (SSSR count).